The Hall–Kier alpha value is -1.20. The normalized spacial score (nSPS) is 22.4. The van der Waals surface area contributed by atoms with E-state index in [1.807, 2.05) is 24.3 Å². The Balaban J connectivity index is 2.06. The first-order valence-electron chi connectivity index (χ1n) is 5.14. The third-order valence-corrected chi connectivity index (χ3v) is 3.42. The zero-order valence-corrected chi connectivity index (χ0v) is 9.84. The van der Waals surface area contributed by atoms with Gasteiger partial charge in [0.1, 0.15) is 4.99 Å². The van der Waals surface area contributed by atoms with Gasteiger partial charge in [0.05, 0.1) is 18.7 Å². The maximum Gasteiger partial charge on any atom is 0.310 e. The molecule has 1 unspecified atom stereocenters. The van der Waals surface area contributed by atoms with Crippen LogP contribution in [0.1, 0.15) is 13.3 Å². The van der Waals surface area contributed by atoms with Crippen LogP contribution in [0, 0.1) is 0 Å². The van der Waals surface area contributed by atoms with Gasteiger partial charge in [-0.05, 0) is 19.1 Å². The van der Waals surface area contributed by atoms with Crippen LogP contribution in [0.5, 0.6) is 0 Å². The van der Waals surface area contributed by atoms with Crippen molar-refractivity contribution in [1.29, 1.82) is 0 Å². The van der Waals surface area contributed by atoms with Crippen molar-refractivity contribution in [1.82, 2.24) is 0 Å². The summed E-state index contributed by atoms with van der Waals surface area (Å²) in [5.74, 6) is -0.280. The van der Waals surface area contributed by atoms with E-state index in [1.54, 1.807) is 6.92 Å². The Morgan fingerprint density at radius 1 is 1.56 bits per heavy atom. The second-order valence-corrected chi connectivity index (χ2v) is 4.97. The van der Waals surface area contributed by atoms with Gasteiger partial charge in [-0.25, -0.2) is 0 Å². The van der Waals surface area contributed by atoms with Crippen LogP contribution in [0.15, 0.2) is 29.2 Å². The minimum absolute atomic E-state index is 0.153. The summed E-state index contributed by atoms with van der Waals surface area (Å²) in [6.45, 7) is 2.16. The van der Waals surface area contributed by atoms with Gasteiger partial charge in [0.2, 0.25) is 0 Å². The Bertz CT molecular complexity index is 384. The molecule has 1 aromatic rings. The van der Waals surface area contributed by atoms with Crippen molar-refractivity contribution in [3.05, 3.63) is 24.3 Å². The van der Waals surface area contributed by atoms with Crippen LogP contribution in [0.3, 0.4) is 0 Å². The number of carbonyl (C=O) groups excluding carboxylic acids is 1. The molecule has 1 aliphatic rings. The average Bonchev–Trinajstić information content (AvgIpc) is 2.53. The number of benzene rings is 1. The van der Waals surface area contributed by atoms with E-state index in [4.69, 9.17) is 10.5 Å². The molecule has 4 nitrogen and oxygen atoms in total. The van der Waals surface area contributed by atoms with E-state index in [1.165, 1.54) is 11.8 Å². The molecule has 2 rings (SSSR count). The van der Waals surface area contributed by atoms with E-state index in [0.29, 0.717) is 6.61 Å². The third kappa shape index (κ3) is 2.31. The smallest absolute Gasteiger partial charge is 0.310 e. The summed E-state index contributed by atoms with van der Waals surface area (Å²) in [5, 5.41) is 3.14. The second kappa shape index (κ2) is 4.35. The van der Waals surface area contributed by atoms with E-state index in [0.717, 1.165) is 10.6 Å². The fraction of sp³-hybridized carbons (Fsp3) is 0.364. The number of hydrogen-bond donors (Lipinski definition) is 2. The highest BCUT2D eigenvalue weighted by Crippen LogP contribution is 2.43. The van der Waals surface area contributed by atoms with Crippen LogP contribution >= 0.6 is 11.8 Å². The SMILES string of the molecule is CCOC(=O)CC1(N)Nc2ccccc2S1. The molecule has 0 aromatic heterocycles. The summed E-state index contributed by atoms with van der Waals surface area (Å²) in [7, 11) is 0. The Morgan fingerprint density at radius 3 is 3.00 bits per heavy atom. The lowest BCUT2D eigenvalue weighted by Gasteiger charge is -2.22. The van der Waals surface area contributed by atoms with Crippen LogP contribution in [0.2, 0.25) is 0 Å². The van der Waals surface area contributed by atoms with Gasteiger partial charge in [-0.15, -0.1) is 0 Å². The standard InChI is InChI=1S/C11H14N2O2S/c1-2-15-10(14)7-11(12)13-8-5-3-4-6-9(8)16-11/h3-6,13H,2,7,12H2,1H3. The number of anilines is 1. The number of para-hydroxylation sites is 1. The average molecular weight is 238 g/mol. The minimum atomic E-state index is -0.782. The molecule has 3 N–H and O–H groups in total. The fourth-order valence-corrected chi connectivity index (χ4v) is 2.73. The van der Waals surface area contributed by atoms with Gasteiger partial charge in [0.25, 0.3) is 0 Å². The van der Waals surface area contributed by atoms with Gasteiger partial charge in [-0.3, -0.25) is 10.5 Å². The first-order chi connectivity index (χ1) is 7.63. The Labute approximate surface area is 98.5 Å². The summed E-state index contributed by atoms with van der Waals surface area (Å²) < 4.78 is 4.90. The summed E-state index contributed by atoms with van der Waals surface area (Å²) in [6, 6.07) is 7.81. The van der Waals surface area contributed by atoms with Gasteiger partial charge in [0, 0.05) is 4.90 Å². The molecule has 1 heterocycles. The minimum Gasteiger partial charge on any atom is -0.466 e. The second-order valence-electron chi connectivity index (χ2n) is 3.59. The van der Waals surface area contributed by atoms with Crippen LogP contribution < -0.4 is 11.1 Å². The molecule has 0 saturated carbocycles. The van der Waals surface area contributed by atoms with Crippen molar-refractivity contribution >= 4 is 23.4 Å². The molecule has 0 aliphatic carbocycles. The third-order valence-electron chi connectivity index (χ3n) is 2.24. The number of nitrogens with two attached hydrogens (primary N) is 1. The highest BCUT2D eigenvalue weighted by molar-refractivity contribution is 8.01. The molecule has 1 atom stereocenters. The number of ether oxygens (including phenoxy) is 1. The van der Waals surface area contributed by atoms with Crippen molar-refractivity contribution in [2.45, 2.75) is 23.2 Å². The molecule has 0 spiro atoms. The first kappa shape index (κ1) is 11.3. The summed E-state index contributed by atoms with van der Waals surface area (Å²) in [6.07, 6.45) is 0.153. The topological polar surface area (TPSA) is 64.3 Å². The fourth-order valence-electron chi connectivity index (χ4n) is 1.62. The lowest BCUT2D eigenvalue weighted by molar-refractivity contribution is -0.143. The van der Waals surface area contributed by atoms with Gasteiger partial charge in [0.15, 0.2) is 0 Å². The maximum absolute atomic E-state index is 11.4. The van der Waals surface area contributed by atoms with Crippen LogP contribution in [-0.4, -0.2) is 17.6 Å². The monoisotopic (exact) mass is 238 g/mol. The van der Waals surface area contributed by atoms with E-state index < -0.39 is 4.99 Å². The molecule has 86 valence electrons. The van der Waals surface area contributed by atoms with E-state index in [9.17, 15) is 4.79 Å². The molecule has 1 aromatic carbocycles. The molecule has 0 fully saturated rings. The number of fused-ring (bicyclic) bond motifs is 1. The summed E-state index contributed by atoms with van der Waals surface area (Å²) in [5.41, 5.74) is 7.06. The number of hydrogen-bond acceptors (Lipinski definition) is 5. The van der Waals surface area contributed by atoms with Crippen molar-refractivity contribution in [3.63, 3.8) is 0 Å². The van der Waals surface area contributed by atoms with E-state index >= 15 is 0 Å². The van der Waals surface area contributed by atoms with Crippen molar-refractivity contribution in [3.8, 4) is 0 Å². The molecule has 0 bridgehead atoms. The molecule has 0 radical (unpaired) electrons. The Morgan fingerprint density at radius 2 is 2.31 bits per heavy atom. The maximum atomic E-state index is 11.4. The van der Waals surface area contributed by atoms with Crippen molar-refractivity contribution < 1.29 is 9.53 Å². The number of carbonyl (C=O) groups is 1. The zero-order valence-electron chi connectivity index (χ0n) is 9.03. The largest absolute Gasteiger partial charge is 0.466 e. The predicted molar refractivity (Wildman–Crippen MR) is 64.1 cm³/mol. The van der Waals surface area contributed by atoms with Crippen LogP contribution in [0.4, 0.5) is 5.69 Å². The highest BCUT2D eigenvalue weighted by Gasteiger charge is 2.36. The molecule has 16 heavy (non-hydrogen) atoms. The molecule has 1 aliphatic heterocycles. The van der Waals surface area contributed by atoms with Gasteiger partial charge < -0.3 is 10.1 Å². The lowest BCUT2D eigenvalue weighted by atomic mass is 10.3. The molecular formula is C11H14N2O2S. The lowest BCUT2D eigenvalue weighted by Crippen LogP contribution is -2.43. The highest BCUT2D eigenvalue weighted by atomic mass is 32.2. The quantitative estimate of drug-likeness (QED) is 0.786. The van der Waals surface area contributed by atoms with E-state index in [-0.39, 0.29) is 12.4 Å². The van der Waals surface area contributed by atoms with Gasteiger partial charge in [-0.2, -0.15) is 0 Å². The molecule has 5 heteroatoms. The Kier molecular flexibility index (Phi) is 3.07. The molecule has 0 amide bonds. The van der Waals surface area contributed by atoms with Crippen molar-refractivity contribution in [2.24, 2.45) is 5.73 Å². The zero-order chi connectivity index (χ0) is 11.6. The number of esters is 1. The van der Waals surface area contributed by atoms with Crippen molar-refractivity contribution in [2.75, 3.05) is 11.9 Å². The van der Waals surface area contributed by atoms with Gasteiger partial charge >= 0.3 is 5.97 Å². The molecule has 0 saturated heterocycles. The number of rotatable bonds is 3. The van der Waals surface area contributed by atoms with Gasteiger partial charge in [-0.1, -0.05) is 23.9 Å². The summed E-state index contributed by atoms with van der Waals surface area (Å²) >= 11 is 1.46. The van der Waals surface area contributed by atoms with Crippen LogP contribution in [0.25, 0.3) is 0 Å². The summed E-state index contributed by atoms with van der Waals surface area (Å²) in [4.78, 5) is 11.7. The van der Waals surface area contributed by atoms with E-state index in [2.05, 4.69) is 5.32 Å². The van der Waals surface area contributed by atoms with Crippen LogP contribution in [-0.2, 0) is 9.53 Å². The molecular weight excluding hydrogens is 224 g/mol. The number of nitrogens with one attached hydrogen (secondary N) is 1. The first-order valence-corrected chi connectivity index (χ1v) is 5.95. The predicted octanol–water partition coefficient (Wildman–Crippen LogP) is 1.77. The number of thioether (sulfide) groups is 1.